The van der Waals surface area contributed by atoms with Crippen LogP contribution < -0.4 is 5.32 Å². The molecule has 8 nitrogen and oxygen atoms in total. The van der Waals surface area contributed by atoms with Gasteiger partial charge in [-0.05, 0) is 12.1 Å². The predicted octanol–water partition coefficient (Wildman–Crippen LogP) is 1.60. The Morgan fingerprint density at radius 3 is 2.76 bits per heavy atom. The van der Waals surface area contributed by atoms with Crippen molar-refractivity contribution in [2.75, 3.05) is 5.32 Å². The number of rotatable bonds is 6. The van der Waals surface area contributed by atoms with Gasteiger partial charge in [-0.2, -0.15) is 10.2 Å². The molecular formula is C16H14FN5O3. The number of carboxylic acid groups (broad SMARTS) is 1. The van der Waals surface area contributed by atoms with Crippen molar-refractivity contribution in [3.05, 3.63) is 66.0 Å². The van der Waals surface area contributed by atoms with Crippen molar-refractivity contribution >= 4 is 17.6 Å². The number of anilines is 1. The number of nitrogens with one attached hydrogen (secondary N) is 1. The van der Waals surface area contributed by atoms with E-state index in [4.69, 9.17) is 5.11 Å². The Labute approximate surface area is 141 Å². The summed E-state index contributed by atoms with van der Waals surface area (Å²) < 4.78 is 16.2. The van der Waals surface area contributed by atoms with E-state index in [1.165, 1.54) is 29.2 Å². The largest absolute Gasteiger partial charge is 0.480 e. The molecule has 3 rings (SSSR count). The molecule has 0 aliphatic rings. The van der Waals surface area contributed by atoms with Crippen LogP contribution in [0.3, 0.4) is 0 Å². The van der Waals surface area contributed by atoms with Crippen LogP contribution in [-0.4, -0.2) is 36.5 Å². The second-order valence-electron chi connectivity index (χ2n) is 5.24. The van der Waals surface area contributed by atoms with E-state index in [1.54, 1.807) is 24.4 Å². The van der Waals surface area contributed by atoms with E-state index in [0.717, 1.165) is 4.68 Å². The normalized spacial score (nSPS) is 10.6. The first-order valence-electron chi connectivity index (χ1n) is 7.34. The average Bonchev–Trinajstić information content (AvgIpc) is 3.18. The molecule has 0 aliphatic heterocycles. The highest BCUT2D eigenvalue weighted by atomic mass is 19.1. The number of aromatic nitrogens is 4. The third-order valence-corrected chi connectivity index (χ3v) is 3.42. The summed E-state index contributed by atoms with van der Waals surface area (Å²) in [6.45, 7) is -0.193. The fourth-order valence-electron chi connectivity index (χ4n) is 2.29. The summed E-state index contributed by atoms with van der Waals surface area (Å²) in [7, 11) is 0. The van der Waals surface area contributed by atoms with Crippen molar-refractivity contribution in [1.82, 2.24) is 19.6 Å². The van der Waals surface area contributed by atoms with Gasteiger partial charge in [0.25, 0.3) is 5.91 Å². The number of halogens is 1. The lowest BCUT2D eigenvalue weighted by molar-refractivity contribution is -0.137. The molecule has 0 spiro atoms. The molecule has 2 aromatic heterocycles. The molecule has 3 aromatic rings. The summed E-state index contributed by atoms with van der Waals surface area (Å²) in [6, 6.07) is 7.77. The highest BCUT2D eigenvalue weighted by molar-refractivity contribution is 6.03. The second-order valence-corrected chi connectivity index (χ2v) is 5.24. The van der Waals surface area contributed by atoms with Crippen molar-refractivity contribution in [2.24, 2.45) is 0 Å². The van der Waals surface area contributed by atoms with E-state index >= 15 is 0 Å². The minimum absolute atomic E-state index is 0.115. The topological polar surface area (TPSA) is 102 Å². The Bertz CT molecular complexity index is 918. The van der Waals surface area contributed by atoms with Crippen LogP contribution in [0.5, 0.6) is 0 Å². The lowest BCUT2D eigenvalue weighted by Gasteiger charge is -2.05. The van der Waals surface area contributed by atoms with E-state index in [-0.39, 0.29) is 18.1 Å². The third kappa shape index (κ3) is 3.89. The van der Waals surface area contributed by atoms with E-state index in [1.807, 2.05) is 0 Å². The quantitative estimate of drug-likeness (QED) is 0.708. The summed E-state index contributed by atoms with van der Waals surface area (Å²) in [6.07, 6.45) is 4.33. The fourth-order valence-corrected chi connectivity index (χ4v) is 2.29. The molecule has 2 N–H and O–H groups in total. The SMILES string of the molecule is O=C(O)Cn1nccc1C(=O)Nc1cnn(Cc2ccccc2F)c1. The Kier molecular flexibility index (Phi) is 4.55. The van der Waals surface area contributed by atoms with Crippen molar-refractivity contribution in [2.45, 2.75) is 13.1 Å². The zero-order valence-electron chi connectivity index (χ0n) is 13.0. The number of amides is 1. The lowest BCUT2D eigenvalue weighted by Crippen LogP contribution is -2.20. The summed E-state index contributed by atoms with van der Waals surface area (Å²) in [5.41, 5.74) is 0.997. The van der Waals surface area contributed by atoms with Gasteiger partial charge in [0.15, 0.2) is 0 Å². The Hall–Kier alpha value is -3.49. The maximum Gasteiger partial charge on any atom is 0.325 e. The van der Waals surface area contributed by atoms with Gasteiger partial charge in [0.1, 0.15) is 18.1 Å². The van der Waals surface area contributed by atoms with Crippen LogP contribution >= 0.6 is 0 Å². The summed E-state index contributed by atoms with van der Waals surface area (Å²) in [5, 5.41) is 19.3. The number of benzene rings is 1. The third-order valence-electron chi connectivity index (χ3n) is 3.42. The van der Waals surface area contributed by atoms with Crippen LogP contribution in [0.4, 0.5) is 10.1 Å². The molecule has 0 saturated carbocycles. The number of aliphatic carboxylic acids is 1. The van der Waals surface area contributed by atoms with E-state index < -0.39 is 18.4 Å². The van der Waals surface area contributed by atoms with Crippen LogP contribution in [-0.2, 0) is 17.9 Å². The number of hydrogen-bond donors (Lipinski definition) is 2. The molecule has 0 fully saturated rings. The van der Waals surface area contributed by atoms with Gasteiger partial charge in [-0.25, -0.2) is 9.07 Å². The van der Waals surface area contributed by atoms with Gasteiger partial charge < -0.3 is 10.4 Å². The van der Waals surface area contributed by atoms with Gasteiger partial charge in [0, 0.05) is 18.0 Å². The Morgan fingerprint density at radius 1 is 1.20 bits per heavy atom. The molecule has 0 radical (unpaired) electrons. The first kappa shape index (κ1) is 16.4. The first-order valence-corrected chi connectivity index (χ1v) is 7.34. The minimum atomic E-state index is -1.10. The van der Waals surface area contributed by atoms with Crippen LogP contribution in [0.1, 0.15) is 16.1 Å². The van der Waals surface area contributed by atoms with Crippen molar-refractivity contribution in [1.29, 1.82) is 0 Å². The lowest BCUT2D eigenvalue weighted by atomic mass is 10.2. The van der Waals surface area contributed by atoms with Crippen LogP contribution in [0, 0.1) is 5.82 Å². The zero-order valence-corrected chi connectivity index (χ0v) is 13.0. The zero-order chi connectivity index (χ0) is 17.8. The first-order chi connectivity index (χ1) is 12.0. The van der Waals surface area contributed by atoms with Gasteiger partial charge in [-0.3, -0.25) is 14.3 Å². The molecule has 1 amide bonds. The molecule has 128 valence electrons. The van der Waals surface area contributed by atoms with Crippen molar-refractivity contribution in [3.63, 3.8) is 0 Å². The number of carboxylic acids is 1. The molecule has 0 saturated heterocycles. The molecule has 0 atom stereocenters. The summed E-state index contributed by atoms with van der Waals surface area (Å²) >= 11 is 0. The molecular weight excluding hydrogens is 329 g/mol. The predicted molar refractivity (Wildman–Crippen MR) is 85.5 cm³/mol. The molecule has 2 heterocycles. The molecule has 0 aliphatic carbocycles. The fraction of sp³-hybridized carbons (Fsp3) is 0.125. The Morgan fingerprint density at radius 2 is 2.00 bits per heavy atom. The highest BCUT2D eigenvalue weighted by Crippen LogP contribution is 2.12. The van der Waals surface area contributed by atoms with Crippen LogP contribution in [0.25, 0.3) is 0 Å². The van der Waals surface area contributed by atoms with Gasteiger partial charge in [0.2, 0.25) is 0 Å². The number of carbonyl (C=O) groups excluding carboxylic acids is 1. The molecule has 9 heteroatoms. The monoisotopic (exact) mass is 343 g/mol. The molecule has 0 bridgehead atoms. The van der Waals surface area contributed by atoms with Crippen LogP contribution in [0.15, 0.2) is 48.9 Å². The van der Waals surface area contributed by atoms with Crippen LogP contribution in [0.2, 0.25) is 0 Å². The molecule has 0 unspecified atom stereocenters. The summed E-state index contributed by atoms with van der Waals surface area (Å²) in [4.78, 5) is 23.0. The average molecular weight is 343 g/mol. The maximum absolute atomic E-state index is 13.7. The van der Waals surface area contributed by atoms with Gasteiger partial charge in [-0.15, -0.1) is 0 Å². The number of nitrogens with zero attached hydrogens (tertiary/aromatic N) is 4. The standard InChI is InChI=1S/C16H14FN5O3/c17-13-4-2-1-3-11(13)8-21-9-12(7-19-21)20-16(25)14-5-6-18-22(14)10-15(23)24/h1-7,9H,8,10H2,(H,20,25)(H,23,24). The van der Waals surface area contributed by atoms with E-state index in [0.29, 0.717) is 11.3 Å². The molecule has 25 heavy (non-hydrogen) atoms. The molecule has 1 aromatic carbocycles. The van der Waals surface area contributed by atoms with Crippen molar-refractivity contribution < 1.29 is 19.1 Å². The maximum atomic E-state index is 13.7. The van der Waals surface area contributed by atoms with Crippen molar-refractivity contribution in [3.8, 4) is 0 Å². The van der Waals surface area contributed by atoms with Gasteiger partial charge in [0.05, 0.1) is 18.4 Å². The Balaban J connectivity index is 1.69. The van der Waals surface area contributed by atoms with Gasteiger partial charge in [-0.1, -0.05) is 18.2 Å². The number of hydrogen-bond acceptors (Lipinski definition) is 4. The smallest absolute Gasteiger partial charge is 0.325 e. The number of carbonyl (C=O) groups is 2. The van der Waals surface area contributed by atoms with E-state index in [9.17, 15) is 14.0 Å². The summed E-state index contributed by atoms with van der Waals surface area (Å²) in [5.74, 6) is -1.94. The van der Waals surface area contributed by atoms with Gasteiger partial charge >= 0.3 is 5.97 Å². The minimum Gasteiger partial charge on any atom is -0.480 e. The van der Waals surface area contributed by atoms with E-state index in [2.05, 4.69) is 15.5 Å². The highest BCUT2D eigenvalue weighted by Gasteiger charge is 2.15. The second kappa shape index (κ2) is 6.95.